The molecule has 9 heteroatoms. The van der Waals surface area contributed by atoms with Gasteiger partial charge in [-0.05, 0) is 36.4 Å². The number of rotatable bonds is 5. The van der Waals surface area contributed by atoms with E-state index in [0.29, 0.717) is 28.1 Å². The Morgan fingerprint density at radius 2 is 1.81 bits per heavy atom. The third kappa shape index (κ3) is 5.10. The van der Waals surface area contributed by atoms with Gasteiger partial charge in [-0.1, -0.05) is 17.9 Å². The van der Waals surface area contributed by atoms with Gasteiger partial charge in [-0.15, -0.1) is 10.2 Å². The molecule has 0 amide bonds. The number of nitriles is 1. The number of hydrogen-bond donors (Lipinski definition) is 0. The van der Waals surface area contributed by atoms with Gasteiger partial charge < -0.3 is 9.15 Å². The van der Waals surface area contributed by atoms with E-state index in [-0.39, 0.29) is 12.5 Å². The van der Waals surface area contributed by atoms with E-state index in [0.717, 1.165) is 5.56 Å². The van der Waals surface area contributed by atoms with Gasteiger partial charge in [0.15, 0.2) is 0 Å². The first kappa shape index (κ1) is 20.6. The second kappa shape index (κ2) is 9.45. The number of nitrogens with zero attached hydrogens (tertiary/aromatic N) is 5. The van der Waals surface area contributed by atoms with Crippen molar-refractivity contribution in [3.05, 3.63) is 89.3 Å². The number of alkyl halides is 2. The average Bonchev–Trinajstić information content (AvgIpc) is 3.33. The molecule has 0 unspecified atom stereocenters. The van der Waals surface area contributed by atoms with Crippen LogP contribution in [0.25, 0.3) is 11.5 Å². The van der Waals surface area contributed by atoms with Gasteiger partial charge in [-0.25, -0.2) is 0 Å². The van der Waals surface area contributed by atoms with Crippen molar-refractivity contribution in [1.29, 1.82) is 5.26 Å². The lowest BCUT2D eigenvalue weighted by Gasteiger charge is -2.06. The van der Waals surface area contributed by atoms with Gasteiger partial charge in [0.1, 0.15) is 12.4 Å². The summed E-state index contributed by atoms with van der Waals surface area (Å²) in [7, 11) is 0. The third-order valence-corrected chi connectivity index (χ3v) is 4.14. The van der Waals surface area contributed by atoms with Crippen molar-refractivity contribution in [3.8, 4) is 35.1 Å². The van der Waals surface area contributed by atoms with Crippen LogP contribution >= 0.6 is 0 Å². The van der Waals surface area contributed by atoms with Crippen LogP contribution in [0.15, 0.2) is 65.5 Å². The Labute approximate surface area is 181 Å². The molecule has 0 atom stereocenters. The van der Waals surface area contributed by atoms with Gasteiger partial charge in [-0.2, -0.15) is 14.0 Å². The fraction of sp³-hybridized carbons (Fsp3) is 0.0870. The summed E-state index contributed by atoms with van der Waals surface area (Å²) in [6.07, 6.45) is 1.78. The number of ether oxygens (including phenoxy) is 1. The van der Waals surface area contributed by atoms with Gasteiger partial charge in [0.05, 0.1) is 29.1 Å². The van der Waals surface area contributed by atoms with Crippen LogP contribution in [-0.2, 0) is 6.61 Å². The van der Waals surface area contributed by atoms with Crippen LogP contribution in [0.4, 0.5) is 8.78 Å². The molecule has 32 heavy (non-hydrogen) atoms. The van der Waals surface area contributed by atoms with E-state index in [1.807, 2.05) is 6.07 Å². The van der Waals surface area contributed by atoms with E-state index in [1.165, 1.54) is 6.20 Å². The first-order valence-electron chi connectivity index (χ1n) is 9.27. The smallest absolute Gasteiger partial charge is 0.314 e. The number of aromatic nitrogens is 4. The molecule has 0 saturated heterocycles. The molecular weight excluding hydrogens is 416 g/mol. The highest BCUT2D eigenvalue weighted by Gasteiger charge is 2.17. The van der Waals surface area contributed by atoms with E-state index in [9.17, 15) is 8.78 Å². The fourth-order valence-corrected chi connectivity index (χ4v) is 2.61. The minimum absolute atomic E-state index is 0.0314. The van der Waals surface area contributed by atoms with Crippen LogP contribution in [0.5, 0.6) is 5.75 Å². The Morgan fingerprint density at radius 3 is 2.56 bits per heavy atom. The maximum atomic E-state index is 12.6. The summed E-state index contributed by atoms with van der Waals surface area (Å²) in [5, 5.41) is 15.8. The normalized spacial score (nSPS) is 10.3. The molecule has 0 aliphatic carbocycles. The maximum absolute atomic E-state index is 12.6. The van der Waals surface area contributed by atoms with Crippen molar-refractivity contribution in [2.45, 2.75) is 13.0 Å². The van der Waals surface area contributed by atoms with E-state index in [4.69, 9.17) is 14.4 Å². The summed E-state index contributed by atoms with van der Waals surface area (Å²) in [6.45, 7) is 0.162. The van der Waals surface area contributed by atoms with E-state index in [2.05, 4.69) is 38.1 Å². The summed E-state index contributed by atoms with van der Waals surface area (Å²) in [6, 6.07) is 14.1. The summed E-state index contributed by atoms with van der Waals surface area (Å²) in [5.74, 6) is 5.72. The van der Waals surface area contributed by atoms with Crippen LogP contribution in [0, 0.1) is 23.2 Å². The highest BCUT2D eigenvalue weighted by atomic mass is 19.3. The SMILES string of the molecule is N#Cc1cccc(C#Cc2cncc(OCc3ccc(-c4nnc(C(F)F)o4)cn3)c2)c1. The molecule has 0 fully saturated rings. The van der Waals surface area contributed by atoms with Crippen LogP contribution < -0.4 is 4.74 Å². The second-order valence-corrected chi connectivity index (χ2v) is 6.42. The zero-order valence-electron chi connectivity index (χ0n) is 16.4. The van der Waals surface area contributed by atoms with Crippen molar-refractivity contribution in [2.75, 3.05) is 0 Å². The zero-order chi connectivity index (χ0) is 22.3. The number of pyridine rings is 2. The quantitative estimate of drug-likeness (QED) is 0.436. The molecule has 0 saturated carbocycles. The second-order valence-electron chi connectivity index (χ2n) is 6.42. The predicted molar refractivity (Wildman–Crippen MR) is 108 cm³/mol. The largest absolute Gasteiger partial charge is 0.486 e. The van der Waals surface area contributed by atoms with Crippen molar-refractivity contribution < 1.29 is 17.9 Å². The molecule has 0 spiro atoms. The first-order chi connectivity index (χ1) is 15.6. The molecule has 7 nitrogen and oxygen atoms in total. The number of hydrogen-bond acceptors (Lipinski definition) is 7. The van der Waals surface area contributed by atoms with Crippen LogP contribution in [-0.4, -0.2) is 20.2 Å². The van der Waals surface area contributed by atoms with E-state index >= 15 is 0 Å². The average molecular weight is 429 g/mol. The van der Waals surface area contributed by atoms with Gasteiger partial charge in [-0.3, -0.25) is 9.97 Å². The Morgan fingerprint density at radius 1 is 0.969 bits per heavy atom. The predicted octanol–water partition coefficient (Wildman–Crippen LogP) is 4.31. The molecule has 0 N–H and O–H groups in total. The summed E-state index contributed by atoms with van der Waals surface area (Å²) < 4.78 is 35.7. The molecular formula is C23H13F2N5O2. The molecule has 1 aromatic carbocycles. The summed E-state index contributed by atoms with van der Waals surface area (Å²) >= 11 is 0. The monoisotopic (exact) mass is 429 g/mol. The molecule has 4 rings (SSSR count). The van der Waals surface area contributed by atoms with Gasteiger partial charge >= 0.3 is 6.43 Å². The Hall–Kier alpha value is -4.63. The third-order valence-electron chi connectivity index (χ3n) is 4.14. The summed E-state index contributed by atoms with van der Waals surface area (Å²) in [4.78, 5) is 8.35. The lowest BCUT2D eigenvalue weighted by atomic mass is 10.1. The Balaban J connectivity index is 1.40. The minimum Gasteiger partial charge on any atom is -0.486 e. The topological polar surface area (TPSA) is 97.7 Å². The van der Waals surface area contributed by atoms with Crippen molar-refractivity contribution in [3.63, 3.8) is 0 Å². The molecule has 4 aromatic rings. The van der Waals surface area contributed by atoms with Gasteiger partial charge in [0, 0.05) is 23.5 Å². The van der Waals surface area contributed by atoms with Gasteiger partial charge in [0.2, 0.25) is 5.89 Å². The summed E-state index contributed by atoms with van der Waals surface area (Å²) in [5.41, 5.74) is 2.94. The molecule has 156 valence electrons. The Kier molecular flexibility index (Phi) is 6.10. The van der Waals surface area contributed by atoms with E-state index < -0.39 is 12.3 Å². The number of halogens is 2. The van der Waals surface area contributed by atoms with Crippen LogP contribution in [0.3, 0.4) is 0 Å². The molecule has 3 heterocycles. The fourth-order valence-electron chi connectivity index (χ4n) is 2.61. The van der Waals surface area contributed by atoms with Crippen molar-refractivity contribution in [2.24, 2.45) is 0 Å². The lowest BCUT2D eigenvalue weighted by molar-refractivity contribution is 0.116. The highest BCUT2D eigenvalue weighted by molar-refractivity contribution is 5.50. The zero-order valence-corrected chi connectivity index (χ0v) is 16.4. The molecule has 0 bridgehead atoms. The lowest BCUT2D eigenvalue weighted by Crippen LogP contribution is -1.99. The van der Waals surface area contributed by atoms with Gasteiger partial charge in [0.25, 0.3) is 5.89 Å². The molecule has 0 aliphatic heterocycles. The standard InChI is InChI=1S/C23H13F2N5O2/c24-21(25)23-30-29-22(32-23)18-6-7-19(28-12-18)14-31-20-9-17(11-27-13-20)5-4-15-2-1-3-16(8-15)10-26/h1-3,6-9,11-13,21H,14H2. The van der Waals surface area contributed by atoms with Crippen molar-refractivity contribution >= 4 is 0 Å². The Bertz CT molecular complexity index is 1330. The maximum Gasteiger partial charge on any atom is 0.314 e. The molecule has 0 aliphatic rings. The van der Waals surface area contributed by atoms with Crippen LogP contribution in [0.2, 0.25) is 0 Å². The minimum atomic E-state index is -2.83. The van der Waals surface area contributed by atoms with E-state index in [1.54, 1.807) is 48.8 Å². The number of benzene rings is 1. The first-order valence-corrected chi connectivity index (χ1v) is 9.27. The van der Waals surface area contributed by atoms with Crippen molar-refractivity contribution in [1.82, 2.24) is 20.2 Å². The molecule has 3 aromatic heterocycles. The van der Waals surface area contributed by atoms with Crippen LogP contribution in [0.1, 0.15) is 34.7 Å². The highest BCUT2D eigenvalue weighted by Crippen LogP contribution is 2.23. The molecule has 0 radical (unpaired) electrons.